The van der Waals surface area contributed by atoms with E-state index in [4.69, 9.17) is 0 Å². The predicted octanol–water partition coefficient (Wildman–Crippen LogP) is 2.94. The Morgan fingerprint density at radius 1 is 1.16 bits per heavy atom. The molecule has 0 spiro atoms. The summed E-state index contributed by atoms with van der Waals surface area (Å²) in [6.45, 7) is 3.42. The Hall–Kier alpha value is -0.700. The van der Waals surface area contributed by atoms with Gasteiger partial charge in [0.15, 0.2) is 0 Å². The van der Waals surface area contributed by atoms with Crippen molar-refractivity contribution < 1.29 is 17.9 Å². The van der Waals surface area contributed by atoms with E-state index in [9.17, 15) is 13.2 Å². The molecule has 0 atom stereocenters. The maximum absolute atomic E-state index is 12.3. The fraction of sp³-hybridized carbons (Fsp3) is 0.500. The van der Waals surface area contributed by atoms with Gasteiger partial charge in [-0.05, 0) is 41.8 Å². The maximum Gasteiger partial charge on any atom is 0.573 e. The Balaban J connectivity index is 2.16. The zero-order chi connectivity index (χ0) is 14.0. The van der Waals surface area contributed by atoms with Gasteiger partial charge in [-0.25, -0.2) is 0 Å². The maximum atomic E-state index is 12.3. The van der Waals surface area contributed by atoms with Gasteiger partial charge in [0, 0.05) is 37.9 Å². The van der Waals surface area contributed by atoms with Crippen molar-refractivity contribution in [1.29, 1.82) is 0 Å². The predicted molar refractivity (Wildman–Crippen MR) is 75.6 cm³/mol. The SMILES string of the molecule is CN1CCN(c2ccc(I)c(OC(F)(F)F)c2)CC1. The quantitative estimate of drug-likeness (QED) is 0.728. The minimum atomic E-state index is -4.65. The lowest BCUT2D eigenvalue weighted by molar-refractivity contribution is -0.274. The number of likely N-dealkylation sites (N-methyl/N-ethyl adjacent to an activating group) is 1. The third kappa shape index (κ3) is 4.13. The monoisotopic (exact) mass is 386 g/mol. The summed E-state index contributed by atoms with van der Waals surface area (Å²) in [6.07, 6.45) is -4.65. The average Bonchev–Trinajstić information content (AvgIpc) is 2.31. The van der Waals surface area contributed by atoms with Crippen LogP contribution in [0.3, 0.4) is 0 Å². The summed E-state index contributed by atoms with van der Waals surface area (Å²) in [5, 5.41) is 0. The van der Waals surface area contributed by atoms with Gasteiger partial charge < -0.3 is 14.5 Å². The second-order valence-corrected chi connectivity index (χ2v) is 5.62. The number of alkyl halides is 3. The molecule has 1 aromatic carbocycles. The van der Waals surface area contributed by atoms with E-state index in [0.29, 0.717) is 3.57 Å². The van der Waals surface area contributed by atoms with Crippen molar-refractivity contribution in [2.75, 3.05) is 38.1 Å². The number of hydrogen-bond donors (Lipinski definition) is 0. The molecule has 1 saturated heterocycles. The van der Waals surface area contributed by atoms with Crippen LogP contribution in [0.2, 0.25) is 0 Å². The molecule has 0 aromatic heterocycles. The lowest BCUT2D eigenvalue weighted by Crippen LogP contribution is -2.44. The minimum Gasteiger partial charge on any atom is -0.405 e. The molecule has 1 aliphatic rings. The van der Waals surface area contributed by atoms with Crippen LogP contribution in [-0.4, -0.2) is 44.5 Å². The van der Waals surface area contributed by atoms with E-state index in [-0.39, 0.29) is 5.75 Å². The third-order valence-corrected chi connectivity index (χ3v) is 3.90. The van der Waals surface area contributed by atoms with Crippen LogP contribution >= 0.6 is 22.6 Å². The highest BCUT2D eigenvalue weighted by Gasteiger charge is 2.32. The molecule has 1 fully saturated rings. The van der Waals surface area contributed by atoms with Gasteiger partial charge in [0.25, 0.3) is 0 Å². The fourth-order valence-corrected chi connectivity index (χ4v) is 2.40. The first-order valence-corrected chi connectivity index (χ1v) is 6.92. The molecule has 0 unspecified atom stereocenters. The van der Waals surface area contributed by atoms with Crippen LogP contribution in [0.4, 0.5) is 18.9 Å². The number of nitrogens with zero attached hydrogens (tertiary/aromatic N) is 2. The first kappa shape index (κ1) is 14.7. The molecule has 0 saturated carbocycles. The molecule has 0 amide bonds. The first-order valence-electron chi connectivity index (χ1n) is 5.84. The van der Waals surface area contributed by atoms with Gasteiger partial charge in [-0.15, -0.1) is 13.2 Å². The van der Waals surface area contributed by atoms with Gasteiger partial charge in [0.1, 0.15) is 5.75 Å². The Bertz CT molecular complexity index is 445. The molecule has 1 aliphatic heterocycles. The molecule has 106 valence electrons. The molecule has 0 aliphatic carbocycles. The summed E-state index contributed by atoms with van der Waals surface area (Å²) in [4.78, 5) is 4.26. The molecule has 1 heterocycles. The molecule has 19 heavy (non-hydrogen) atoms. The average molecular weight is 386 g/mol. The number of benzene rings is 1. The number of halogens is 4. The molecular formula is C12H14F3IN2O. The van der Waals surface area contributed by atoms with Crippen LogP contribution in [-0.2, 0) is 0 Å². The highest BCUT2D eigenvalue weighted by atomic mass is 127. The zero-order valence-corrected chi connectivity index (χ0v) is 12.5. The number of piperazine rings is 1. The van der Waals surface area contributed by atoms with Gasteiger partial charge >= 0.3 is 6.36 Å². The summed E-state index contributed by atoms with van der Waals surface area (Å²) in [7, 11) is 2.03. The number of hydrogen-bond acceptors (Lipinski definition) is 3. The number of ether oxygens (including phenoxy) is 1. The van der Waals surface area contributed by atoms with Gasteiger partial charge in [0.05, 0.1) is 3.57 Å². The summed E-state index contributed by atoms with van der Waals surface area (Å²) < 4.78 is 41.4. The Morgan fingerprint density at radius 3 is 2.37 bits per heavy atom. The number of rotatable bonds is 2. The third-order valence-electron chi connectivity index (χ3n) is 3.01. The number of anilines is 1. The van der Waals surface area contributed by atoms with Crippen molar-refractivity contribution >= 4 is 28.3 Å². The van der Waals surface area contributed by atoms with Crippen LogP contribution in [0.5, 0.6) is 5.75 Å². The van der Waals surface area contributed by atoms with E-state index in [1.165, 1.54) is 6.07 Å². The largest absolute Gasteiger partial charge is 0.573 e. The van der Waals surface area contributed by atoms with E-state index < -0.39 is 6.36 Å². The smallest absolute Gasteiger partial charge is 0.405 e. The standard InChI is InChI=1S/C12H14F3IN2O/c1-17-4-6-18(7-5-17)9-2-3-10(16)11(8-9)19-12(13,14)15/h2-3,8H,4-7H2,1H3. The van der Waals surface area contributed by atoms with Crippen LogP contribution in [0, 0.1) is 3.57 Å². The molecule has 0 N–H and O–H groups in total. The molecular weight excluding hydrogens is 372 g/mol. The van der Waals surface area contributed by atoms with E-state index in [0.717, 1.165) is 31.9 Å². The second-order valence-electron chi connectivity index (χ2n) is 4.45. The van der Waals surface area contributed by atoms with Crippen molar-refractivity contribution in [1.82, 2.24) is 4.90 Å². The Morgan fingerprint density at radius 2 is 1.79 bits per heavy atom. The van der Waals surface area contributed by atoms with Crippen LogP contribution < -0.4 is 9.64 Å². The summed E-state index contributed by atoms with van der Waals surface area (Å²) in [5.41, 5.74) is 0.771. The van der Waals surface area contributed by atoms with Crippen molar-refractivity contribution in [2.24, 2.45) is 0 Å². The molecule has 2 rings (SSSR count). The fourth-order valence-electron chi connectivity index (χ4n) is 1.96. The molecule has 0 bridgehead atoms. The van der Waals surface area contributed by atoms with E-state index >= 15 is 0 Å². The van der Waals surface area contributed by atoms with Crippen LogP contribution in [0.1, 0.15) is 0 Å². The van der Waals surface area contributed by atoms with Gasteiger partial charge in [-0.1, -0.05) is 0 Å². The second kappa shape index (κ2) is 5.74. The van der Waals surface area contributed by atoms with Gasteiger partial charge in [-0.3, -0.25) is 0 Å². The van der Waals surface area contributed by atoms with Crippen molar-refractivity contribution in [2.45, 2.75) is 6.36 Å². The molecule has 7 heteroatoms. The summed E-state index contributed by atoms with van der Waals surface area (Å²) in [6, 6.07) is 4.94. The highest BCUT2D eigenvalue weighted by molar-refractivity contribution is 14.1. The topological polar surface area (TPSA) is 15.7 Å². The summed E-state index contributed by atoms with van der Waals surface area (Å²) in [5.74, 6) is -0.135. The Labute approximate surface area is 123 Å². The normalized spacial score (nSPS) is 17.6. The van der Waals surface area contributed by atoms with Crippen molar-refractivity contribution in [3.63, 3.8) is 0 Å². The lowest BCUT2D eigenvalue weighted by atomic mass is 10.2. The van der Waals surface area contributed by atoms with Crippen molar-refractivity contribution in [3.05, 3.63) is 21.8 Å². The van der Waals surface area contributed by atoms with E-state index in [1.807, 2.05) is 35.7 Å². The van der Waals surface area contributed by atoms with E-state index in [2.05, 4.69) is 14.5 Å². The molecule has 0 radical (unpaired) electrons. The Kier molecular flexibility index (Phi) is 4.44. The van der Waals surface area contributed by atoms with Crippen LogP contribution in [0.25, 0.3) is 0 Å². The van der Waals surface area contributed by atoms with Gasteiger partial charge in [-0.2, -0.15) is 0 Å². The van der Waals surface area contributed by atoms with Crippen LogP contribution in [0.15, 0.2) is 18.2 Å². The zero-order valence-electron chi connectivity index (χ0n) is 10.4. The molecule has 3 nitrogen and oxygen atoms in total. The van der Waals surface area contributed by atoms with Gasteiger partial charge in [0.2, 0.25) is 0 Å². The lowest BCUT2D eigenvalue weighted by Gasteiger charge is -2.34. The van der Waals surface area contributed by atoms with Crippen molar-refractivity contribution in [3.8, 4) is 5.75 Å². The summed E-state index contributed by atoms with van der Waals surface area (Å²) >= 11 is 1.84. The minimum absolute atomic E-state index is 0.135. The first-order chi connectivity index (χ1) is 8.85. The molecule has 1 aromatic rings. The van der Waals surface area contributed by atoms with E-state index in [1.54, 1.807) is 6.07 Å². The highest BCUT2D eigenvalue weighted by Crippen LogP contribution is 2.31.